The largest absolute Gasteiger partial charge is 0.481 e. The smallest absolute Gasteiger partial charge is 0.255 e. The van der Waals surface area contributed by atoms with Crippen molar-refractivity contribution in [1.82, 2.24) is 19.4 Å². The summed E-state index contributed by atoms with van der Waals surface area (Å²) in [5.74, 6) is 1.50. The second-order valence-corrected chi connectivity index (χ2v) is 9.02. The van der Waals surface area contributed by atoms with Crippen molar-refractivity contribution in [2.75, 3.05) is 33.3 Å². The number of halogens is 1. The van der Waals surface area contributed by atoms with Crippen LogP contribution in [0.5, 0.6) is 5.88 Å². The van der Waals surface area contributed by atoms with Crippen LogP contribution in [0.25, 0.3) is 0 Å². The highest BCUT2D eigenvalue weighted by atomic mass is 19.1. The predicted molar refractivity (Wildman–Crippen MR) is 112 cm³/mol. The lowest BCUT2D eigenvalue weighted by molar-refractivity contribution is 0.114. The molecule has 5 heterocycles. The third-order valence-electron chi connectivity index (χ3n) is 6.78. The van der Waals surface area contributed by atoms with Gasteiger partial charge >= 0.3 is 0 Å². The van der Waals surface area contributed by atoms with E-state index >= 15 is 0 Å². The van der Waals surface area contributed by atoms with Crippen LogP contribution in [0.3, 0.4) is 0 Å². The molecule has 0 aromatic carbocycles. The van der Waals surface area contributed by atoms with Crippen LogP contribution in [0.1, 0.15) is 35.6 Å². The Kier molecular flexibility index (Phi) is 5.33. The first-order valence-corrected chi connectivity index (χ1v) is 10.9. The highest BCUT2D eigenvalue weighted by molar-refractivity contribution is 5.23. The van der Waals surface area contributed by atoms with E-state index in [2.05, 4.69) is 26.9 Å². The van der Waals surface area contributed by atoms with Crippen LogP contribution >= 0.6 is 0 Å². The fourth-order valence-corrected chi connectivity index (χ4v) is 5.39. The van der Waals surface area contributed by atoms with Crippen molar-refractivity contribution >= 4 is 0 Å². The molecule has 160 valence electrons. The molecule has 0 spiro atoms. The summed E-state index contributed by atoms with van der Waals surface area (Å²) in [5, 5.41) is 0. The summed E-state index contributed by atoms with van der Waals surface area (Å²) in [7, 11) is 1.63. The molecular weight excluding hydrogens is 383 g/mol. The number of fused-ring (bicyclic) bond motifs is 4. The van der Waals surface area contributed by atoms with E-state index in [0.29, 0.717) is 37.2 Å². The molecule has 0 radical (unpaired) electrons. The Balaban J connectivity index is 1.31. The van der Waals surface area contributed by atoms with Gasteiger partial charge in [0.05, 0.1) is 7.11 Å². The molecule has 7 heteroatoms. The van der Waals surface area contributed by atoms with E-state index in [4.69, 9.17) is 4.74 Å². The van der Waals surface area contributed by atoms with Crippen molar-refractivity contribution in [1.29, 1.82) is 0 Å². The lowest BCUT2D eigenvalue weighted by Gasteiger charge is -2.43. The standard InChI is InChI=1S/C23H29FN4O2/c1-30-22-5-2-16(9-25-22)10-27-11-17-8-19(14-27)21-4-3-18(23(29)28(21)12-17)13-26-7-6-20(24)15-26/h2-5,9,17,19-20H,6-8,10-15H2,1H3/t17-,19+,20-/m0/s1. The molecule has 6 nitrogen and oxygen atoms in total. The van der Waals surface area contributed by atoms with Crippen LogP contribution in [0.15, 0.2) is 35.3 Å². The summed E-state index contributed by atoms with van der Waals surface area (Å²) in [6.07, 6.45) is 2.85. The van der Waals surface area contributed by atoms with E-state index in [1.807, 2.05) is 22.9 Å². The van der Waals surface area contributed by atoms with Crippen molar-refractivity contribution in [3.8, 4) is 5.88 Å². The molecule has 0 unspecified atom stereocenters. The second-order valence-electron chi connectivity index (χ2n) is 9.02. The molecule has 3 aliphatic rings. The van der Waals surface area contributed by atoms with Gasteiger partial charge in [-0.05, 0) is 30.4 Å². The fraction of sp³-hybridized carbons (Fsp3) is 0.565. The van der Waals surface area contributed by atoms with Gasteiger partial charge in [-0.1, -0.05) is 12.1 Å². The number of piperidine rings is 1. The third-order valence-corrected chi connectivity index (χ3v) is 6.78. The SMILES string of the molecule is COc1ccc(CN2C[C@@H]3C[C@H](C2)c2ccc(CN4CC[C@H](F)C4)c(=O)n2C3)cn1. The maximum Gasteiger partial charge on any atom is 0.255 e. The Morgan fingerprint density at radius 2 is 2.00 bits per heavy atom. The number of hydrogen-bond donors (Lipinski definition) is 0. The van der Waals surface area contributed by atoms with Gasteiger partial charge in [-0.2, -0.15) is 0 Å². The van der Waals surface area contributed by atoms with Gasteiger partial charge in [0, 0.05) is 75.3 Å². The molecule has 3 aliphatic heterocycles. The lowest BCUT2D eigenvalue weighted by Crippen LogP contribution is -2.47. The van der Waals surface area contributed by atoms with Gasteiger partial charge in [0.25, 0.3) is 5.56 Å². The Hall–Kier alpha value is -2.25. The fourth-order valence-electron chi connectivity index (χ4n) is 5.39. The highest BCUT2D eigenvalue weighted by Gasteiger charge is 2.35. The molecule has 30 heavy (non-hydrogen) atoms. The Morgan fingerprint density at radius 1 is 1.10 bits per heavy atom. The van der Waals surface area contributed by atoms with Gasteiger partial charge in [0.2, 0.25) is 5.88 Å². The summed E-state index contributed by atoms with van der Waals surface area (Å²) in [6.45, 7) is 5.34. The highest BCUT2D eigenvalue weighted by Crippen LogP contribution is 2.35. The number of alkyl halides is 1. The Bertz CT molecular complexity index is 961. The van der Waals surface area contributed by atoms with E-state index in [1.54, 1.807) is 7.11 Å². The van der Waals surface area contributed by atoms with Crippen molar-refractivity contribution < 1.29 is 9.13 Å². The van der Waals surface area contributed by atoms with Gasteiger partial charge in [0.1, 0.15) is 6.17 Å². The van der Waals surface area contributed by atoms with E-state index < -0.39 is 6.17 Å². The minimum absolute atomic E-state index is 0.123. The first-order valence-electron chi connectivity index (χ1n) is 10.9. The molecule has 2 saturated heterocycles. The molecule has 0 aliphatic carbocycles. The number of methoxy groups -OCH3 is 1. The van der Waals surface area contributed by atoms with E-state index in [9.17, 15) is 9.18 Å². The second kappa shape index (κ2) is 8.12. The van der Waals surface area contributed by atoms with Crippen molar-refractivity contribution in [3.05, 3.63) is 57.6 Å². The van der Waals surface area contributed by atoms with E-state index in [1.165, 1.54) is 5.56 Å². The summed E-state index contributed by atoms with van der Waals surface area (Å²) >= 11 is 0. The number of ether oxygens (including phenoxy) is 1. The first kappa shape index (κ1) is 19.7. The average Bonchev–Trinajstić information content (AvgIpc) is 3.16. The van der Waals surface area contributed by atoms with Crippen LogP contribution in [-0.2, 0) is 19.6 Å². The number of nitrogens with zero attached hydrogens (tertiary/aromatic N) is 4. The zero-order valence-corrected chi connectivity index (χ0v) is 17.5. The third kappa shape index (κ3) is 3.88. The zero-order chi connectivity index (χ0) is 20.7. The van der Waals surface area contributed by atoms with Crippen LogP contribution in [0, 0.1) is 5.92 Å². The molecule has 2 fully saturated rings. The van der Waals surface area contributed by atoms with E-state index in [0.717, 1.165) is 50.4 Å². The van der Waals surface area contributed by atoms with E-state index in [-0.39, 0.29) is 5.56 Å². The maximum absolute atomic E-state index is 13.5. The molecule has 5 rings (SSSR count). The Labute approximate surface area is 176 Å². The monoisotopic (exact) mass is 412 g/mol. The number of pyridine rings is 2. The van der Waals surface area contributed by atoms with Crippen LogP contribution in [-0.4, -0.2) is 58.8 Å². The van der Waals surface area contributed by atoms with Crippen molar-refractivity contribution in [3.63, 3.8) is 0 Å². The predicted octanol–water partition coefficient (Wildman–Crippen LogP) is 2.42. The molecular formula is C23H29FN4O2. The lowest BCUT2D eigenvalue weighted by atomic mass is 9.83. The summed E-state index contributed by atoms with van der Waals surface area (Å²) < 4.78 is 20.6. The quantitative estimate of drug-likeness (QED) is 0.755. The Morgan fingerprint density at radius 3 is 2.73 bits per heavy atom. The van der Waals surface area contributed by atoms with Crippen molar-refractivity contribution in [2.24, 2.45) is 5.92 Å². The molecule has 2 aromatic heterocycles. The van der Waals surface area contributed by atoms with Crippen molar-refractivity contribution in [2.45, 2.75) is 44.6 Å². The summed E-state index contributed by atoms with van der Waals surface area (Å²) in [4.78, 5) is 22.0. The number of rotatable bonds is 5. The summed E-state index contributed by atoms with van der Waals surface area (Å²) in [5.41, 5.74) is 3.26. The number of hydrogen-bond acceptors (Lipinski definition) is 5. The molecule has 0 amide bonds. The zero-order valence-electron chi connectivity index (χ0n) is 17.5. The molecule has 2 aromatic rings. The van der Waals surface area contributed by atoms with Gasteiger partial charge in [-0.3, -0.25) is 14.6 Å². The molecule has 2 bridgehead atoms. The minimum Gasteiger partial charge on any atom is -0.481 e. The normalized spacial score (nSPS) is 26.5. The summed E-state index contributed by atoms with van der Waals surface area (Å²) in [6, 6.07) is 8.09. The topological polar surface area (TPSA) is 50.6 Å². The molecule has 0 N–H and O–H groups in total. The maximum atomic E-state index is 13.5. The van der Waals surface area contributed by atoms with Crippen LogP contribution < -0.4 is 10.3 Å². The number of aromatic nitrogens is 2. The van der Waals surface area contributed by atoms with Gasteiger partial charge < -0.3 is 9.30 Å². The first-order chi connectivity index (χ1) is 14.6. The molecule has 3 atom stereocenters. The van der Waals surface area contributed by atoms with Gasteiger partial charge in [-0.25, -0.2) is 9.37 Å². The average molecular weight is 413 g/mol. The van der Waals surface area contributed by atoms with Crippen LogP contribution in [0.2, 0.25) is 0 Å². The minimum atomic E-state index is -0.753. The molecule has 0 saturated carbocycles. The number of likely N-dealkylation sites (tertiary alicyclic amines) is 2. The van der Waals surface area contributed by atoms with Crippen LogP contribution in [0.4, 0.5) is 4.39 Å². The van der Waals surface area contributed by atoms with Gasteiger partial charge in [0.15, 0.2) is 0 Å². The van der Waals surface area contributed by atoms with Gasteiger partial charge in [-0.15, -0.1) is 0 Å².